The molecule has 2 nitrogen and oxygen atoms in total. The van der Waals surface area contributed by atoms with Crippen LogP contribution in [-0.4, -0.2) is 20.3 Å². The summed E-state index contributed by atoms with van der Waals surface area (Å²) in [5.41, 5.74) is 0. The summed E-state index contributed by atoms with van der Waals surface area (Å²) in [5.74, 6) is 0. The van der Waals surface area contributed by atoms with Crippen LogP contribution in [0.1, 0.15) is 4.88 Å². The average Bonchev–Trinajstić information content (AvgIpc) is 2.45. The molecule has 1 rings (SSSR count). The highest BCUT2D eigenvalue weighted by atomic mass is 79.9. The Kier molecular flexibility index (Phi) is 4.83. The maximum Gasteiger partial charge on any atom is 0.0451 e. The molecule has 0 atom stereocenters. The van der Waals surface area contributed by atoms with E-state index >= 15 is 0 Å². The smallest absolute Gasteiger partial charge is 0.0451 e. The van der Waals surface area contributed by atoms with Crippen LogP contribution in [0.25, 0.3) is 0 Å². The lowest BCUT2D eigenvalue weighted by Gasteiger charge is -2.00. The fourth-order valence-corrected chi connectivity index (χ4v) is 2.37. The lowest BCUT2D eigenvalue weighted by molar-refractivity contribution is 0.633. The predicted octanol–water partition coefficient (Wildman–Crippen LogP) is 1.82. The molecule has 0 aliphatic rings. The number of hydrogen-bond donors (Lipinski definition) is 2. The van der Waals surface area contributed by atoms with Gasteiger partial charge in [0, 0.05) is 27.9 Å². The van der Waals surface area contributed by atoms with Crippen molar-refractivity contribution in [3.05, 3.63) is 20.8 Å². The number of hydrogen-bond acceptors (Lipinski definition) is 3. The summed E-state index contributed by atoms with van der Waals surface area (Å²) in [6, 6.07) is 2.17. The lowest BCUT2D eigenvalue weighted by Crippen LogP contribution is -2.27. The molecule has 0 saturated carbocycles. The summed E-state index contributed by atoms with van der Waals surface area (Å²) in [5, 5.41) is 8.43. The first-order valence-corrected chi connectivity index (χ1v) is 5.58. The third-order valence-corrected chi connectivity index (χ3v) is 3.23. The van der Waals surface area contributed by atoms with Crippen molar-refractivity contribution in [2.75, 3.05) is 20.3 Å². The topological polar surface area (TPSA) is 24.1 Å². The molecule has 4 heteroatoms. The molecule has 0 radical (unpaired) electrons. The number of halogens is 1. The minimum atomic E-state index is 0.881. The highest BCUT2D eigenvalue weighted by Gasteiger charge is 1.95. The normalized spacial score (nSPS) is 10.5. The monoisotopic (exact) mass is 248 g/mol. The quantitative estimate of drug-likeness (QED) is 0.614. The molecule has 1 heterocycles. The van der Waals surface area contributed by atoms with Crippen molar-refractivity contribution in [2.24, 2.45) is 0 Å². The molecule has 0 fully saturated rings. The molecule has 0 aliphatic heterocycles. The van der Waals surface area contributed by atoms with Crippen LogP contribution >= 0.6 is 27.3 Å². The van der Waals surface area contributed by atoms with Gasteiger partial charge >= 0.3 is 0 Å². The Labute approximate surface area is 85.5 Å². The summed E-state index contributed by atoms with van der Waals surface area (Å²) in [6.45, 7) is 1.92. The van der Waals surface area contributed by atoms with E-state index in [4.69, 9.17) is 0 Å². The minimum absolute atomic E-state index is 0.881. The van der Waals surface area contributed by atoms with Crippen molar-refractivity contribution in [3.63, 3.8) is 0 Å². The number of nitrogens with one attached hydrogen (secondary N) is 2. The molecule has 0 bridgehead atoms. The molecular formula is C8H13BrN2S. The molecule has 1 aromatic rings. The Morgan fingerprint density at radius 2 is 2.42 bits per heavy atom. The van der Waals surface area contributed by atoms with Crippen LogP contribution in [0.15, 0.2) is 15.9 Å². The van der Waals surface area contributed by atoms with E-state index in [1.165, 1.54) is 9.35 Å². The zero-order chi connectivity index (χ0) is 8.81. The van der Waals surface area contributed by atoms with Crippen LogP contribution in [0.3, 0.4) is 0 Å². The van der Waals surface area contributed by atoms with Gasteiger partial charge in [0.2, 0.25) is 0 Å². The molecule has 0 amide bonds. The lowest BCUT2D eigenvalue weighted by atomic mass is 10.3. The van der Waals surface area contributed by atoms with E-state index in [0.717, 1.165) is 19.6 Å². The van der Waals surface area contributed by atoms with Crippen LogP contribution in [0, 0.1) is 0 Å². The summed E-state index contributed by atoms with van der Waals surface area (Å²) < 4.78 is 1.19. The Morgan fingerprint density at radius 3 is 3.00 bits per heavy atom. The molecule has 0 saturated heterocycles. The average molecular weight is 249 g/mol. The van der Waals surface area contributed by atoms with E-state index in [1.54, 1.807) is 11.3 Å². The molecule has 68 valence electrons. The van der Waals surface area contributed by atoms with Crippen molar-refractivity contribution >= 4 is 27.3 Å². The van der Waals surface area contributed by atoms with Crippen LogP contribution in [0.4, 0.5) is 0 Å². The fraction of sp³-hybridized carbons (Fsp3) is 0.500. The molecule has 0 aromatic carbocycles. The first-order valence-electron chi connectivity index (χ1n) is 3.91. The van der Waals surface area contributed by atoms with Gasteiger partial charge in [-0.15, -0.1) is 11.3 Å². The van der Waals surface area contributed by atoms with Crippen LogP contribution < -0.4 is 10.6 Å². The second-order valence-corrected chi connectivity index (χ2v) is 4.42. The molecule has 12 heavy (non-hydrogen) atoms. The largest absolute Gasteiger partial charge is 0.308 e. The van der Waals surface area contributed by atoms with Crippen molar-refractivity contribution in [3.8, 4) is 0 Å². The van der Waals surface area contributed by atoms with E-state index in [0.29, 0.717) is 0 Å². The first kappa shape index (κ1) is 10.2. The van der Waals surface area contributed by atoms with Gasteiger partial charge < -0.3 is 10.6 Å². The van der Waals surface area contributed by atoms with Gasteiger partial charge in [0.1, 0.15) is 0 Å². The summed E-state index contributed by atoms with van der Waals surface area (Å²) >= 11 is 5.23. The third-order valence-electron chi connectivity index (χ3n) is 1.47. The Hall–Kier alpha value is 0.1000. The zero-order valence-electron chi connectivity index (χ0n) is 7.06. The van der Waals surface area contributed by atoms with Crippen LogP contribution in [0.5, 0.6) is 0 Å². The predicted molar refractivity (Wildman–Crippen MR) is 57.7 cm³/mol. The SMILES string of the molecule is CNCNCCc1cc(Br)cs1. The highest BCUT2D eigenvalue weighted by Crippen LogP contribution is 2.19. The van der Waals surface area contributed by atoms with Crippen molar-refractivity contribution in [1.29, 1.82) is 0 Å². The molecule has 0 spiro atoms. The molecule has 2 N–H and O–H groups in total. The molecule has 0 aliphatic carbocycles. The van der Waals surface area contributed by atoms with Crippen LogP contribution in [-0.2, 0) is 6.42 Å². The van der Waals surface area contributed by atoms with Crippen molar-refractivity contribution in [2.45, 2.75) is 6.42 Å². The van der Waals surface area contributed by atoms with Gasteiger partial charge in [-0.25, -0.2) is 0 Å². The third kappa shape index (κ3) is 3.67. The fourth-order valence-electron chi connectivity index (χ4n) is 0.910. The van der Waals surface area contributed by atoms with Gasteiger partial charge in [-0.05, 0) is 35.5 Å². The second kappa shape index (κ2) is 5.70. The van der Waals surface area contributed by atoms with Gasteiger partial charge in [-0.1, -0.05) is 0 Å². The molecular weight excluding hydrogens is 236 g/mol. The van der Waals surface area contributed by atoms with Crippen molar-refractivity contribution < 1.29 is 0 Å². The number of thiophene rings is 1. The van der Waals surface area contributed by atoms with Gasteiger partial charge in [0.15, 0.2) is 0 Å². The number of rotatable bonds is 5. The zero-order valence-corrected chi connectivity index (χ0v) is 9.46. The van der Waals surface area contributed by atoms with E-state index in [-0.39, 0.29) is 0 Å². The maximum atomic E-state index is 3.43. The van der Waals surface area contributed by atoms with Crippen molar-refractivity contribution in [1.82, 2.24) is 10.6 Å². The first-order chi connectivity index (χ1) is 5.83. The van der Waals surface area contributed by atoms with Gasteiger partial charge in [-0.3, -0.25) is 0 Å². The Bertz CT molecular complexity index is 225. The highest BCUT2D eigenvalue weighted by molar-refractivity contribution is 9.10. The summed E-state index contributed by atoms with van der Waals surface area (Å²) in [4.78, 5) is 1.42. The Morgan fingerprint density at radius 1 is 1.58 bits per heavy atom. The van der Waals surface area contributed by atoms with Crippen LogP contribution in [0.2, 0.25) is 0 Å². The molecule has 1 aromatic heterocycles. The van der Waals surface area contributed by atoms with Gasteiger partial charge in [0.05, 0.1) is 0 Å². The van der Waals surface area contributed by atoms with E-state index in [1.807, 2.05) is 7.05 Å². The minimum Gasteiger partial charge on any atom is -0.308 e. The van der Waals surface area contributed by atoms with E-state index in [2.05, 4.69) is 38.0 Å². The standard InChI is InChI=1S/C8H13BrN2S/c1-10-6-11-3-2-8-4-7(9)5-12-8/h4-5,10-11H,2-3,6H2,1H3. The molecule has 0 unspecified atom stereocenters. The van der Waals surface area contributed by atoms with Gasteiger partial charge in [-0.2, -0.15) is 0 Å². The maximum absolute atomic E-state index is 3.43. The second-order valence-electron chi connectivity index (χ2n) is 2.51. The summed E-state index contributed by atoms with van der Waals surface area (Å²) in [6.07, 6.45) is 1.11. The van der Waals surface area contributed by atoms with E-state index in [9.17, 15) is 0 Å². The Balaban J connectivity index is 2.15. The van der Waals surface area contributed by atoms with E-state index < -0.39 is 0 Å². The van der Waals surface area contributed by atoms with Gasteiger partial charge in [0.25, 0.3) is 0 Å². The summed E-state index contributed by atoms with van der Waals surface area (Å²) in [7, 11) is 1.94.